The number of nitrogens with two attached hydrogens (primary N) is 1. The lowest BCUT2D eigenvalue weighted by Gasteiger charge is -2.31. The molecule has 0 saturated heterocycles. The molecule has 1 heterocycles. The monoisotopic (exact) mass is 472 g/mol. The van der Waals surface area contributed by atoms with Crippen LogP contribution in [0, 0.1) is 5.92 Å². The zero-order chi connectivity index (χ0) is 24.2. The van der Waals surface area contributed by atoms with E-state index in [1.165, 1.54) is 12.1 Å². The van der Waals surface area contributed by atoms with Gasteiger partial charge in [0.15, 0.2) is 0 Å². The van der Waals surface area contributed by atoms with Gasteiger partial charge in [-0.15, -0.1) is 0 Å². The van der Waals surface area contributed by atoms with Gasteiger partial charge in [0.05, 0.1) is 4.90 Å². The molecule has 0 aromatic heterocycles. The first kappa shape index (κ1) is 24.4. The number of benzene rings is 2. The molecule has 176 valence electrons. The Kier molecular flexibility index (Phi) is 7.50. The summed E-state index contributed by atoms with van der Waals surface area (Å²) in [5.41, 5.74) is 3.02. The van der Waals surface area contributed by atoms with E-state index in [0.717, 1.165) is 29.7 Å². The third-order valence-corrected chi connectivity index (χ3v) is 6.31. The Morgan fingerprint density at radius 2 is 1.76 bits per heavy atom. The lowest BCUT2D eigenvalue weighted by Crippen LogP contribution is -2.38. The van der Waals surface area contributed by atoms with Gasteiger partial charge in [-0.1, -0.05) is 32.0 Å². The lowest BCUT2D eigenvalue weighted by molar-refractivity contribution is -0.136. The zero-order valence-electron chi connectivity index (χ0n) is 18.6. The molecule has 10 heteroatoms. The molecule has 2 aromatic rings. The summed E-state index contributed by atoms with van der Waals surface area (Å²) >= 11 is 0. The number of hydrogen-bond donors (Lipinski definition) is 3. The fraction of sp³-hybridized carbons (Fsp3) is 0.348. The van der Waals surface area contributed by atoms with Crippen LogP contribution in [0.1, 0.15) is 31.4 Å². The zero-order valence-corrected chi connectivity index (χ0v) is 19.4. The Hall–Kier alpha value is -3.24. The van der Waals surface area contributed by atoms with E-state index >= 15 is 0 Å². The Morgan fingerprint density at radius 1 is 1.06 bits per heavy atom. The molecule has 1 aliphatic rings. The van der Waals surface area contributed by atoms with Crippen molar-refractivity contribution in [3.63, 3.8) is 0 Å². The highest BCUT2D eigenvalue weighted by Gasteiger charge is 2.25. The third-order valence-electron chi connectivity index (χ3n) is 5.38. The molecular formula is C23H28N4O5S. The summed E-state index contributed by atoms with van der Waals surface area (Å²) in [4.78, 5) is 38.8. The van der Waals surface area contributed by atoms with E-state index in [2.05, 4.69) is 10.6 Å². The van der Waals surface area contributed by atoms with Crippen LogP contribution in [0.3, 0.4) is 0 Å². The maximum absolute atomic E-state index is 12.5. The number of amides is 3. The summed E-state index contributed by atoms with van der Waals surface area (Å²) in [7, 11) is -3.76. The van der Waals surface area contributed by atoms with Gasteiger partial charge in [-0.2, -0.15) is 0 Å². The van der Waals surface area contributed by atoms with Gasteiger partial charge < -0.3 is 15.5 Å². The highest BCUT2D eigenvalue weighted by Crippen LogP contribution is 2.31. The van der Waals surface area contributed by atoms with E-state index in [0.29, 0.717) is 18.7 Å². The summed E-state index contributed by atoms with van der Waals surface area (Å²) in [5, 5.41) is 10.2. The first-order chi connectivity index (χ1) is 15.6. The number of carbonyl (C=O) groups excluding carboxylic acids is 3. The molecule has 33 heavy (non-hydrogen) atoms. The van der Waals surface area contributed by atoms with Crippen LogP contribution in [0.5, 0.6) is 0 Å². The summed E-state index contributed by atoms with van der Waals surface area (Å²) in [6, 6.07) is 11.3. The molecule has 0 radical (unpaired) electrons. The molecule has 0 bridgehead atoms. The van der Waals surface area contributed by atoms with E-state index < -0.39 is 21.8 Å². The number of nitrogens with zero attached hydrogens (tertiary/aromatic N) is 1. The average molecular weight is 473 g/mol. The number of hydrogen-bond acceptors (Lipinski definition) is 5. The predicted molar refractivity (Wildman–Crippen MR) is 125 cm³/mol. The summed E-state index contributed by atoms with van der Waals surface area (Å²) < 4.78 is 22.6. The molecule has 3 rings (SSSR count). The number of nitrogens with one attached hydrogen (secondary N) is 2. The number of primary sulfonamides is 1. The molecule has 2 aromatic carbocycles. The second-order valence-corrected chi connectivity index (χ2v) is 9.80. The van der Waals surface area contributed by atoms with Crippen LogP contribution in [-0.2, 0) is 37.2 Å². The van der Waals surface area contributed by atoms with Crippen molar-refractivity contribution < 1.29 is 22.8 Å². The number of fused-ring (bicyclic) bond motifs is 1. The number of carbonyl (C=O) groups is 3. The molecule has 0 atom stereocenters. The molecular weight excluding hydrogens is 444 g/mol. The molecule has 0 saturated carbocycles. The van der Waals surface area contributed by atoms with E-state index in [1.54, 1.807) is 29.2 Å². The topological polar surface area (TPSA) is 139 Å². The van der Waals surface area contributed by atoms with Gasteiger partial charge in [-0.25, -0.2) is 13.6 Å². The van der Waals surface area contributed by atoms with Gasteiger partial charge in [-0.05, 0) is 54.7 Å². The molecule has 9 nitrogen and oxygen atoms in total. The number of rotatable bonds is 6. The second-order valence-electron chi connectivity index (χ2n) is 8.24. The van der Waals surface area contributed by atoms with Gasteiger partial charge in [0.2, 0.25) is 15.9 Å². The molecule has 4 N–H and O–H groups in total. The van der Waals surface area contributed by atoms with Gasteiger partial charge in [0.25, 0.3) is 0 Å². The highest BCUT2D eigenvalue weighted by atomic mass is 32.2. The lowest BCUT2D eigenvalue weighted by atomic mass is 9.99. The fourth-order valence-electron chi connectivity index (χ4n) is 3.63. The van der Waals surface area contributed by atoms with Gasteiger partial charge in [0, 0.05) is 30.4 Å². The first-order valence-electron chi connectivity index (χ1n) is 10.7. The van der Waals surface area contributed by atoms with Crippen molar-refractivity contribution >= 4 is 39.1 Å². The fourth-order valence-corrected chi connectivity index (χ4v) is 4.14. The number of anilines is 2. The van der Waals surface area contributed by atoms with E-state index in [4.69, 9.17) is 5.14 Å². The van der Waals surface area contributed by atoms with Crippen molar-refractivity contribution in [2.45, 2.75) is 38.0 Å². The van der Waals surface area contributed by atoms with Crippen LogP contribution in [0.15, 0.2) is 47.4 Å². The quantitative estimate of drug-likeness (QED) is 0.548. The summed E-state index contributed by atoms with van der Waals surface area (Å²) in [5.74, 6) is -1.72. The highest BCUT2D eigenvalue weighted by molar-refractivity contribution is 7.89. The van der Waals surface area contributed by atoms with Crippen LogP contribution in [-0.4, -0.2) is 39.2 Å². The predicted octanol–water partition coefficient (Wildman–Crippen LogP) is 1.57. The van der Waals surface area contributed by atoms with E-state index in [9.17, 15) is 22.8 Å². The standard InChI is InChI=1S/C23H28N4O5S/c1-15(2)23(30)27-13-3-4-17-7-8-18(14-20(17)27)26-22(29)21(28)25-12-11-16-5-9-19(10-6-16)33(24,31)32/h5-10,14-15H,3-4,11-13H2,1-2H3,(H,25,28)(H,26,29)(H2,24,31,32). The smallest absolute Gasteiger partial charge is 0.313 e. The van der Waals surface area contributed by atoms with Crippen molar-refractivity contribution in [3.05, 3.63) is 53.6 Å². The third kappa shape index (κ3) is 6.17. The Morgan fingerprint density at radius 3 is 2.39 bits per heavy atom. The van der Waals surface area contributed by atoms with Crippen LogP contribution < -0.4 is 20.7 Å². The van der Waals surface area contributed by atoms with Crippen LogP contribution in [0.4, 0.5) is 11.4 Å². The maximum atomic E-state index is 12.5. The van der Waals surface area contributed by atoms with E-state index in [-0.39, 0.29) is 23.3 Å². The Bertz CT molecular complexity index is 1160. The molecule has 0 fully saturated rings. The Balaban J connectivity index is 1.57. The number of aryl methyl sites for hydroxylation is 1. The minimum absolute atomic E-state index is 0.00775. The van der Waals surface area contributed by atoms with Crippen LogP contribution in [0.25, 0.3) is 0 Å². The SMILES string of the molecule is CC(C)C(=O)N1CCCc2ccc(NC(=O)C(=O)NCCc3ccc(S(N)(=O)=O)cc3)cc21. The summed E-state index contributed by atoms with van der Waals surface area (Å²) in [6.07, 6.45) is 2.14. The Labute approximate surface area is 193 Å². The molecule has 0 aliphatic carbocycles. The minimum Gasteiger partial charge on any atom is -0.347 e. The largest absolute Gasteiger partial charge is 0.347 e. The minimum atomic E-state index is -3.76. The normalized spacial score (nSPS) is 13.4. The van der Waals surface area contributed by atoms with Crippen molar-refractivity contribution in [2.75, 3.05) is 23.3 Å². The number of sulfonamides is 1. The summed E-state index contributed by atoms with van der Waals surface area (Å²) in [6.45, 7) is 4.52. The molecule has 0 spiro atoms. The molecule has 0 unspecified atom stereocenters. The second kappa shape index (κ2) is 10.1. The van der Waals surface area contributed by atoms with E-state index in [1.807, 2.05) is 19.9 Å². The van der Waals surface area contributed by atoms with Gasteiger partial charge in [0.1, 0.15) is 0 Å². The molecule has 3 amide bonds. The van der Waals surface area contributed by atoms with Crippen LogP contribution in [0.2, 0.25) is 0 Å². The van der Waals surface area contributed by atoms with Crippen molar-refractivity contribution in [1.29, 1.82) is 0 Å². The van der Waals surface area contributed by atoms with Crippen molar-refractivity contribution in [3.8, 4) is 0 Å². The van der Waals surface area contributed by atoms with Crippen LogP contribution >= 0.6 is 0 Å². The maximum Gasteiger partial charge on any atom is 0.313 e. The van der Waals surface area contributed by atoms with Crippen molar-refractivity contribution in [2.24, 2.45) is 11.1 Å². The molecule has 1 aliphatic heterocycles. The van der Waals surface area contributed by atoms with Crippen molar-refractivity contribution in [1.82, 2.24) is 5.32 Å². The average Bonchev–Trinajstić information content (AvgIpc) is 2.77. The first-order valence-corrected chi connectivity index (χ1v) is 12.3. The van der Waals surface area contributed by atoms with Gasteiger partial charge >= 0.3 is 11.8 Å². The van der Waals surface area contributed by atoms with Gasteiger partial charge in [-0.3, -0.25) is 14.4 Å².